The Bertz CT molecular complexity index is 442. The molecule has 4 atom stereocenters. The van der Waals surface area contributed by atoms with Crippen LogP contribution in [0.1, 0.15) is 0 Å². The Balaban J connectivity index is -0.00000147. The number of aliphatic hydroxyl groups excluding tert-OH is 4. The summed E-state index contributed by atoms with van der Waals surface area (Å²) < 4.78 is 13.0. The molecule has 142 valence electrons. The normalized spacial score (nSPS) is 22.8. The van der Waals surface area contributed by atoms with Crippen molar-refractivity contribution in [1.29, 1.82) is 0 Å². The number of rotatable bonds is 4. The van der Waals surface area contributed by atoms with Crippen molar-refractivity contribution in [2.24, 2.45) is 0 Å². The van der Waals surface area contributed by atoms with Crippen molar-refractivity contribution in [2.45, 2.75) is 24.4 Å². The van der Waals surface area contributed by atoms with Crippen LogP contribution < -0.4 is 0 Å². The van der Waals surface area contributed by atoms with Crippen LogP contribution in [-0.2, 0) is 27.6 Å². The first-order valence-electron chi connectivity index (χ1n) is 5.05. The monoisotopic (exact) mass is 560 g/mol. The average Bonchev–Trinajstić information content (AvgIpc) is 2.50. The third-order valence-corrected chi connectivity index (χ3v) is 5.91. The molecule has 0 aliphatic carbocycles. The fourth-order valence-corrected chi connectivity index (χ4v) is 4.37. The van der Waals surface area contributed by atoms with Gasteiger partial charge in [0.25, 0.3) is 0 Å². The van der Waals surface area contributed by atoms with Crippen LogP contribution >= 0.6 is 0 Å². The SMILES string of the molecule is O.O.O.O=C(O)C(O)C(O)C(=O)[O][Bi]1[O]C(=O)C(O)C(O)C(=O)[O]1. The number of carbonyl (C=O) groups excluding carboxylic acids is 3. The van der Waals surface area contributed by atoms with Crippen LogP contribution in [0.25, 0.3) is 0 Å². The summed E-state index contributed by atoms with van der Waals surface area (Å²) in [5, 5.41) is 44.7. The minimum atomic E-state index is -4.59. The molecule has 24 heavy (non-hydrogen) atoms. The van der Waals surface area contributed by atoms with Gasteiger partial charge in [-0.15, -0.1) is 0 Å². The Morgan fingerprint density at radius 3 is 1.67 bits per heavy atom. The molecule has 4 unspecified atom stereocenters. The fraction of sp³-hybridized carbons (Fsp3) is 0.500. The van der Waals surface area contributed by atoms with Gasteiger partial charge >= 0.3 is 125 Å². The summed E-state index contributed by atoms with van der Waals surface area (Å²) >= 11 is -4.59. The predicted molar refractivity (Wildman–Crippen MR) is 66.5 cm³/mol. The van der Waals surface area contributed by atoms with Crippen LogP contribution in [0.3, 0.4) is 0 Å². The van der Waals surface area contributed by atoms with Gasteiger partial charge in [-0.1, -0.05) is 0 Å². The first-order valence-corrected chi connectivity index (χ1v) is 9.31. The van der Waals surface area contributed by atoms with Crippen molar-refractivity contribution in [3.8, 4) is 0 Å². The Labute approximate surface area is 141 Å². The van der Waals surface area contributed by atoms with Gasteiger partial charge in [-0.2, -0.15) is 0 Å². The molecular weight excluding hydrogens is 545 g/mol. The van der Waals surface area contributed by atoms with E-state index in [2.05, 4.69) is 8.44 Å². The molecule has 0 saturated carbocycles. The molecule has 0 spiro atoms. The second kappa shape index (κ2) is 11.1. The van der Waals surface area contributed by atoms with E-state index in [9.17, 15) is 19.2 Å². The molecule has 1 heterocycles. The van der Waals surface area contributed by atoms with Gasteiger partial charge in [0, 0.05) is 0 Å². The van der Waals surface area contributed by atoms with Gasteiger partial charge in [-0.3, -0.25) is 0 Å². The third kappa shape index (κ3) is 6.54. The molecule has 0 aromatic rings. The van der Waals surface area contributed by atoms with Gasteiger partial charge in [-0.25, -0.2) is 0 Å². The molecule has 0 aromatic carbocycles. The average molecular weight is 560 g/mol. The third-order valence-electron chi connectivity index (χ3n) is 2.07. The molecule has 0 bridgehead atoms. The van der Waals surface area contributed by atoms with Gasteiger partial charge in [0.1, 0.15) is 0 Å². The van der Waals surface area contributed by atoms with Gasteiger partial charge < -0.3 is 16.4 Å². The molecule has 1 rings (SSSR count). The van der Waals surface area contributed by atoms with E-state index in [-0.39, 0.29) is 16.4 Å². The second-order valence-electron chi connectivity index (χ2n) is 3.57. The molecule has 16 heteroatoms. The van der Waals surface area contributed by atoms with E-state index in [1.807, 2.05) is 0 Å². The first kappa shape index (κ1) is 27.3. The summed E-state index contributed by atoms with van der Waals surface area (Å²) in [7, 11) is 0. The summed E-state index contributed by atoms with van der Waals surface area (Å²) in [6.07, 6.45) is -9.47. The van der Waals surface area contributed by atoms with Crippen molar-refractivity contribution in [2.75, 3.05) is 0 Å². The van der Waals surface area contributed by atoms with E-state index in [1.165, 1.54) is 0 Å². The zero-order chi connectivity index (χ0) is 16.3. The zero-order valence-electron chi connectivity index (χ0n) is 11.4. The first-order chi connectivity index (χ1) is 9.65. The maximum atomic E-state index is 11.3. The van der Waals surface area contributed by atoms with Crippen molar-refractivity contribution in [3.05, 3.63) is 0 Å². The molecule has 11 N–H and O–H groups in total. The molecule has 15 nitrogen and oxygen atoms in total. The zero-order valence-corrected chi connectivity index (χ0v) is 14.8. The topological polar surface area (TPSA) is 292 Å². The van der Waals surface area contributed by atoms with Gasteiger partial charge in [0.2, 0.25) is 0 Å². The number of hydrogen-bond donors (Lipinski definition) is 5. The van der Waals surface area contributed by atoms with E-state index in [1.54, 1.807) is 0 Å². The molecule has 1 aliphatic heterocycles. The van der Waals surface area contributed by atoms with Crippen molar-refractivity contribution >= 4 is 46.9 Å². The maximum absolute atomic E-state index is 11.3. The second-order valence-corrected chi connectivity index (χ2v) is 7.44. The minimum absolute atomic E-state index is 0. The van der Waals surface area contributed by atoms with E-state index in [0.717, 1.165) is 0 Å². The molecule has 1 aliphatic rings. The van der Waals surface area contributed by atoms with Crippen molar-refractivity contribution in [1.82, 2.24) is 0 Å². The van der Waals surface area contributed by atoms with Crippen LogP contribution in [0.2, 0.25) is 0 Å². The summed E-state index contributed by atoms with van der Waals surface area (Å²) in [5.41, 5.74) is 0. The number of hydrogen-bond acceptors (Lipinski definition) is 11. The van der Waals surface area contributed by atoms with E-state index in [0.29, 0.717) is 0 Å². The molecule has 0 amide bonds. The number of carbonyl (C=O) groups is 4. The Kier molecular flexibility index (Phi) is 12.7. The molecular formula is C8H15BiO15. The van der Waals surface area contributed by atoms with E-state index in [4.69, 9.17) is 25.5 Å². The Hall–Kier alpha value is -1.52. The number of aliphatic hydroxyl groups is 4. The molecule has 1 fully saturated rings. The summed E-state index contributed by atoms with van der Waals surface area (Å²) in [4.78, 5) is 44.0. The predicted octanol–water partition coefficient (Wildman–Crippen LogP) is -7.33. The van der Waals surface area contributed by atoms with Crippen LogP contribution in [0.15, 0.2) is 0 Å². The number of aliphatic carboxylic acids is 1. The van der Waals surface area contributed by atoms with Crippen LogP contribution in [0.4, 0.5) is 0 Å². The Morgan fingerprint density at radius 2 is 1.33 bits per heavy atom. The molecule has 1 saturated heterocycles. The van der Waals surface area contributed by atoms with Crippen molar-refractivity contribution < 1.29 is 69.6 Å². The molecule has 0 radical (unpaired) electrons. The summed E-state index contributed by atoms with van der Waals surface area (Å²) in [6, 6.07) is 0. The summed E-state index contributed by atoms with van der Waals surface area (Å²) in [5.74, 6) is -6.58. The van der Waals surface area contributed by atoms with Gasteiger partial charge in [0.05, 0.1) is 0 Å². The van der Waals surface area contributed by atoms with Gasteiger partial charge in [-0.05, 0) is 0 Å². The van der Waals surface area contributed by atoms with Crippen LogP contribution in [0.5, 0.6) is 0 Å². The van der Waals surface area contributed by atoms with Gasteiger partial charge in [0.15, 0.2) is 0 Å². The number of carboxylic acid groups (broad SMARTS) is 1. The van der Waals surface area contributed by atoms with Crippen LogP contribution in [0, 0.1) is 0 Å². The quantitative estimate of drug-likeness (QED) is 0.200. The molecule has 0 aromatic heterocycles. The fourth-order valence-electron chi connectivity index (χ4n) is 0.960. The van der Waals surface area contributed by atoms with E-state index >= 15 is 0 Å². The summed E-state index contributed by atoms with van der Waals surface area (Å²) in [6.45, 7) is 0. The Morgan fingerprint density at radius 1 is 0.958 bits per heavy atom. The standard InChI is InChI=1S/2C4H6O6.Bi.3H2O/c2*5-1(3(7)8)2(6)4(9)10;;;;/h2*1-2,5-6H,(H,7,8)(H,9,10);;3*1H2/q;;+3;;;/p-3. The van der Waals surface area contributed by atoms with Crippen molar-refractivity contribution in [3.63, 3.8) is 0 Å². The van der Waals surface area contributed by atoms with Crippen LogP contribution in [-0.4, -0.2) is 113 Å². The number of carboxylic acids is 1. The van der Waals surface area contributed by atoms with E-state index < -0.39 is 71.4 Å².